The molecular formula is C54H48BBr4N12NaO4PS2. The van der Waals surface area contributed by atoms with Crippen LogP contribution in [-0.2, 0) is 17.7 Å². The SMILES string of the molecule is BrCc1cncc(-c2cccnc2)c1.BrP(Br)Br.Cc1cc(=O)[nH]c(=S)[nH]1.Cc1cc(=O)[nH]c(SCc2cncc(-c3cccnc3)c2)n1.O=Cc1cncc(-c2cccnc2)c1.OCc1cncc(-c2cccnc2)c1.[B].[H-].[Na+]. The van der Waals surface area contributed by atoms with E-state index in [-0.39, 0.29) is 61.2 Å². The number of nitrogens with zero attached hydrogens (tertiary/aromatic N) is 9. The van der Waals surface area contributed by atoms with Crippen molar-refractivity contribution in [3.63, 3.8) is 0 Å². The van der Waals surface area contributed by atoms with Gasteiger partial charge in [0.05, 0.1) is 6.61 Å². The molecule has 0 spiro atoms. The molecule has 16 nitrogen and oxygen atoms in total. The Morgan fingerprint density at radius 2 is 0.975 bits per heavy atom. The first-order valence-corrected chi connectivity index (χ1v) is 32.5. The molecule has 10 rings (SSSR count). The van der Waals surface area contributed by atoms with E-state index in [1.807, 2.05) is 98.7 Å². The minimum Gasteiger partial charge on any atom is -1.00 e. The van der Waals surface area contributed by atoms with Crippen molar-refractivity contribution in [3.05, 3.63) is 243 Å². The second kappa shape index (κ2) is 38.3. The first kappa shape index (κ1) is 67.8. The first-order chi connectivity index (χ1) is 37.3. The molecule has 4 N–H and O–H groups in total. The third kappa shape index (κ3) is 26.1. The van der Waals surface area contributed by atoms with Gasteiger partial charge < -0.3 is 16.5 Å². The van der Waals surface area contributed by atoms with Gasteiger partial charge >= 0.3 is 29.6 Å². The Labute approximate surface area is 525 Å². The van der Waals surface area contributed by atoms with Crippen molar-refractivity contribution in [2.75, 3.05) is 0 Å². The number of aliphatic hydroxyl groups is 1. The fraction of sp³-hybridized carbons (Fsp3) is 0.0926. The molecule has 10 heterocycles. The van der Waals surface area contributed by atoms with Gasteiger partial charge in [0.15, 0.2) is 16.2 Å². The van der Waals surface area contributed by atoms with E-state index in [9.17, 15) is 14.4 Å². The summed E-state index contributed by atoms with van der Waals surface area (Å²) in [7, 11) is 0. The van der Waals surface area contributed by atoms with E-state index in [2.05, 4.69) is 147 Å². The van der Waals surface area contributed by atoms with Gasteiger partial charge in [-0.2, -0.15) is 0 Å². The Kier molecular flexibility index (Phi) is 32.9. The summed E-state index contributed by atoms with van der Waals surface area (Å²) >= 11 is 19.1. The molecule has 0 unspecified atom stereocenters. The maximum Gasteiger partial charge on any atom is 1.00 e. The molecule has 10 aromatic heterocycles. The van der Waals surface area contributed by atoms with Crippen LogP contribution in [0.15, 0.2) is 199 Å². The standard InChI is InChI=1S/C16H14N4OS.C11H9BrN2.C11H10N2O.C11H8N2O.C5H6N2OS.B.Br3P.Na.H/c1-11-5-15(21)20-16(19-11)22-10-12-6-14(9-18-7-12)13-3-2-4-17-8-13;12-5-9-4-11(8-14-6-9)10-2-1-3-13-7-10;2*14-8-9-4-11(7-13-5-9)10-2-1-3-12-6-10;1-3-2-4(8)7-5(9)6-3;;1-4(2)3;;/h2-9H,10H2,1H3,(H,19,20,21);1-4,6-8H,5H2;1-7,14H,8H2;1-8H;2H,1H3,(H2,6,7,8,9);;;;/q;;;;;;;+1;-1. The number of nitrogens with one attached hydrogen (secondary N) is 3. The fourth-order valence-electron chi connectivity index (χ4n) is 6.35. The summed E-state index contributed by atoms with van der Waals surface area (Å²) in [5.41, 5.74) is 13.0. The van der Waals surface area contributed by atoms with Crippen molar-refractivity contribution in [3.8, 4) is 44.5 Å². The van der Waals surface area contributed by atoms with Crippen LogP contribution in [0.2, 0.25) is 0 Å². The summed E-state index contributed by atoms with van der Waals surface area (Å²) in [4.78, 5) is 77.4. The Morgan fingerprint density at radius 3 is 1.38 bits per heavy atom. The van der Waals surface area contributed by atoms with E-state index < -0.39 is 0 Å². The Morgan fingerprint density at radius 1 is 0.570 bits per heavy atom. The monoisotopic (exact) mass is 1370 g/mol. The van der Waals surface area contributed by atoms with Gasteiger partial charge in [0.2, 0.25) is 0 Å². The molecular weight excluding hydrogens is 1330 g/mol. The molecule has 10 aromatic rings. The molecule has 79 heavy (non-hydrogen) atoms. The van der Waals surface area contributed by atoms with E-state index in [1.165, 1.54) is 35.7 Å². The van der Waals surface area contributed by atoms with Gasteiger partial charge in [-0.3, -0.25) is 59.2 Å². The van der Waals surface area contributed by atoms with Crippen LogP contribution in [0.5, 0.6) is 0 Å². The largest absolute Gasteiger partial charge is 1.00 e. The van der Waals surface area contributed by atoms with Crippen molar-refractivity contribution < 1.29 is 40.9 Å². The summed E-state index contributed by atoms with van der Waals surface area (Å²) in [5, 5.41) is 10.4. The summed E-state index contributed by atoms with van der Waals surface area (Å²) in [5.74, 6) is 0.688. The molecule has 0 atom stereocenters. The van der Waals surface area contributed by atoms with E-state index in [0.717, 1.165) is 72.9 Å². The average molecular weight is 1380 g/mol. The third-order valence-electron chi connectivity index (χ3n) is 9.72. The maximum atomic E-state index is 11.4. The second-order valence-electron chi connectivity index (χ2n) is 15.6. The molecule has 0 saturated heterocycles. The predicted molar refractivity (Wildman–Crippen MR) is 331 cm³/mol. The van der Waals surface area contributed by atoms with Crippen molar-refractivity contribution >= 4 is 105 Å². The summed E-state index contributed by atoms with van der Waals surface area (Å²) in [6.07, 6.45) is 28.9. The van der Waals surface area contributed by atoms with Crippen molar-refractivity contribution in [1.82, 2.24) is 59.8 Å². The van der Waals surface area contributed by atoms with Crippen molar-refractivity contribution in [2.24, 2.45) is 0 Å². The number of hydrogen-bond acceptors (Lipinski definition) is 15. The zero-order valence-electron chi connectivity index (χ0n) is 43.6. The van der Waals surface area contributed by atoms with E-state index >= 15 is 0 Å². The normalized spacial score (nSPS) is 9.77. The molecule has 0 fully saturated rings. The fourth-order valence-corrected chi connectivity index (χ4v) is 7.76. The molecule has 25 heteroatoms. The number of alkyl halides is 1. The molecule has 0 aliphatic rings. The first-order valence-electron chi connectivity index (χ1n) is 22.6. The number of aromatic amines is 3. The minimum atomic E-state index is -0.183. The molecule has 0 bridgehead atoms. The van der Waals surface area contributed by atoms with Crippen LogP contribution in [0.1, 0.15) is 39.9 Å². The number of hydrogen-bond donors (Lipinski definition) is 4. The Balaban J connectivity index is 0.000000341. The van der Waals surface area contributed by atoms with Crippen LogP contribution in [0.4, 0.5) is 0 Å². The van der Waals surface area contributed by atoms with E-state index in [4.69, 9.17) is 5.11 Å². The van der Waals surface area contributed by atoms with Gasteiger partial charge in [-0.05, 0) is 138 Å². The van der Waals surface area contributed by atoms with Gasteiger partial charge in [-0.15, -0.1) is 0 Å². The predicted octanol–water partition coefficient (Wildman–Crippen LogP) is 10.3. The van der Waals surface area contributed by atoms with Gasteiger partial charge in [0.1, 0.15) is 4.03 Å². The molecule has 397 valence electrons. The minimum absolute atomic E-state index is 0. The number of pyridine rings is 8. The number of aliphatic hydroxyl groups excluding tert-OH is 1. The number of aromatic nitrogens is 12. The van der Waals surface area contributed by atoms with Crippen LogP contribution in [-0.4, -0.2) is 79.6 Å². The Bertz CT molecular complexity index is 3450. The zero-order valence-corrected chi connectivity index (χ0v) is 53.4. The summed E-state index contributed by atoms with van der Waals surface area (Å²) in [6, 6.07) is 26.3. The molecule has 0 aliphatic heterocycles. The van der Waals surface area contributed by atoms with Crippen LogP contribution in [0.25, 0.3) is 44.5 Å². The number of aryl methyl sites for hydroxylation is 2. The van der Waals surface area contributed by atoms with E-state index in [1.54, 1.807) is 68.8 Å². The average Bonchev–Trinajstić information content (AvgIpc) is 3.45. The molecule has 0 aliphatic carbocycles. The van der Waals surface area contributed by atoms with Gasteiger partial charge in [0, 0.05) is 192 Å². The third-order valence-corrected chi connectivity index (χ3v) is 11.5. The van der Waals surface area contributed by atoms with Crippen molar-refractivity contribution in [1.29, 1.82) is 0 Å². The van der Waals surface area contributed by atoms with Gasteiger partial charge in [-0.1, -0.05) is 52.0 Å². The van der Waals surface area contributed by atoms with Gasteiger partial charge in [-0.25, -0.2) is 4.98 Å². The van der Waals surface area contributed by atoms with Crippen LogP contribution in [0, 0.1) is 18.6 Å². The number of halogens is 4. The quantitative estimate of drug-likeness (QED) is 0.0190. The number of H-pyrrole nitrogens is 3. The van der Waals surface area contributed by atoms with Crippen molar-refractivity contribution in [2.45, 2.75) is 36.7 Å². The smallest absolute Gasteiger partial charge is 1.00 e. The van der Waals surface area contributed by atoms with Gasteiger partial charge in [0.25, 0.3) is 11.1 Å². The number of carbonyl (C=O) groups excluding carboxylic acids is 1. The topological polar surface area (TPSA) is 235 Å². The number of rotatable bonds is 10. The number of carbonyl (C=O) groups is 1. The number of thioether (sulfide) groups is 1. The van der Waals surface area contributed by atoms with Crippen LogP contribution < -0.4 is 40.7 Å². The van der Waals surface area contributed by atoms with E-state index in [0.29, 0.717) is 26.9 Å². The molecule has 0 amide bonds. The van der Waals surface area contributed by atoms with Crippen LogP contribution >= 0.6 is 90.4 Å². The second-order valence-corrected chi connectivity index (χ2v) is 32.8. The summed E-state index contributed by atoms with van der Waals surface area (Å²) in [6.45, 7) is 3.61. The Hall–Kier alpha value is -5.43. The summed E-state index contributed by atoms with van der Waals surface area (Å²) < 4.78 is 0.192. The van der Waals surface area contributed by atoms with Crippen LogP contribution in [0.3, 0.4) is 0 Å². The maximum absolute atomic E-state index is 11.4. The number of aldehydes is 1. The zero-order chi connectivity index (χ0) is 55.2. The molecule has 3 radical (unpaired) electrons. The molecule has 0 aromatic carbocycles. The molecule has 0 saturated carbocycles.